The second kappa shape index (κ2) is 8.16. The highest BCUT2D eigenvalue weighted by atomic mass is 16.6. The van der Waals surface area contributed by atoms with Crippen LogP contribution >= 0.6 is 0 Å². The van der Waals surface area contributed by atoms with E-state index in [2.05, 4.69) is 24.5 Å². The van der Waals surface area contributed by atoms with Gasteiger partial charge in [0.05, 0.1) is 5.54 Å². The summed E-state index contributed by atoms with van der Waals surface area (Å²) in [4.78, 5) is 12.1. The minimum absolute atomic E-state index is 0.260. The van der Waals surface area contributed by atoms with Crippen molar-refractivity contribution in [2.45, 2.75) is 83.9 Å². The fourth-order valence-corrected chi connectivity index (χ4v) is 3.16. The van der Waals surface area contributed by atoms with E-state index in [9.17, 15) is 4.79 Å². The molecule has 1 fully saturated rings. The molecule has 0 aliphatic heterocycles. The zero-order chi connectivity index (χ0) is 16.8. The number of carbonyl (C=O) groups excluding carboxylic acids is 1. The molecule has 130 valence electrons. The molecule has 0 aromatic carbocycles. The van der Waals surface area contributed by atoms with Crippen molar-refractivity contribution in [1.82, 2.24) is 10.6 Å². The van der Waals surface area contributed by atoms with Crippen molar-refractivity contribution in [2.24, 2.45) is 11.7 Å². The Labute approximate surface area is 135 Å². The molecule has 2 unspecified atom stereocenters. The zero-order valence-corrected chi connectivity index (χ0v) is 15.0. The van der Waals surface area contributed by atoms with Crippen molar-refractivity contribution in [3.05, 3.63) is 0 Å². The Morgan fingerprint density at radius 2 is 1.86 bits per heavy atom. The van der Waals surface area contributed by atoms with Crippen LogP contribution in [0.4, 0.5) is 4.79 Å². The van der Waals surface area contributed by atoms with Crippen LogP contribution in [0.25, 0.3) is 0 Å². The summed E-state index contributed by atoms with van der Waals surface area (Å²) in [6, 6.07) is 0.475. The van der Waals surface area contributed by atoms with Crippen LogP contribution in [0, 0.1) is 5.92 Å². The van der Waals surface area contributed by atoms with Gasteiger partial charge in [-0.25, -0.2) is 4.79 Å². The van der Waals surface area contributed by atoms with Gasteiger partial charge in [0.25, 0.3) is 0 Å². The Bertz CT molecular complexity index is 348. The van der Waals surface area contributed by atoms with Crippen LogP contribution in [0.5, 0.6) is 0 Å². The lowest BCUT2D eigenvalue weighted by molar-refractivity contribution is 0.0443. The first-order chi connectivity index (χ1) is 10.2. The van der Waals surface area contributed by atoms with E-state index < -0.39 is 5.60 Å². The maximum Gasteiger partial charge on any atom is 0.408 e. The molecule has 2 atom stereocenters. The Kier molecular flexibility index (Phi) is 7.13. The fraction of sp³-hybridized carbons (Fsp3) is 0.941. The number of ether oxygens (including phenoxy) is 1. The van der Waals surface area contributed by atoms with Gasteiger partial charge in [-0.2, -0.15) is 0 Å². The van der Waals surface area contributed by atoms with Gasteiger partial charge < -0.3 is 21.1 Å². The third-order valence-electron chi connectivity index (χ3n) is 4.78. The standard InChI is InChI=1S/C17H35N3O2/c1-6-17(7-2,20-15(21)22-16(3,4)5)12-19-14-10-8-9-13(14)11-18/h13-14,19H,6-12,18H2,1-5H3,(H,20,21). The molecule has 5 nitrogen and oxygen atoms in total. The van der Waals surface area contributed by atoms with Crippen LogP contribution in [0.2, 0.25) is 0 Å². The molecule has 1 saturated carbocycles. The molecule has 4 N–H and O–H groups in total. The second-order valence-corrected chi connectivity index (χ2v) is 7.53. The summed E-state index contributed by atoms with van der Waals surface area (Å²) in [6.07, 6.45) is 5.03. The van der Waals surface area contributed by atoms with Gasteiger partial charge >= 0.3 is 6.09 Å². The Morgan fingerprint density at radius 3 is 2.36 bits per heavy atom. The van der Waals surface area contributed by atoms with Gasteiger partial charge in [-0.1, -0.05) is 20.3 Å². The normalized spacial score (nSPS) is 22.6. The Balaban J connectivity index is 2.60. The summed E-state index contributed by atoms with van der Waals surface area (Å²) < 4.78 is 5.41. The zero-order valence-electron chi connectivity index (χ0n) is 15.0. The molecule has 0 saturated heterocycles. The summed E-state index contributed by atoms with van der Waals surface area (Å²) in [6.45, 7) is 11.4. The molecule has 1 aliphatic rings. The second-order valence-electron chi connectivity index (χ2n) is 7.53. The fourth-order valence-electron chi connectivity index (χ4n) is 3.16. The molecular weight excluding hydrogens is 278 g/mol. The molecule has 0 heterocycles. The van der Waals surface area contributed by atoms with E-state index >= 15 is 0 Å². The quantitative estimate of drug-likeness (QED) is 0.675. The maximum absolute atomic E-state index is 12.1. The average Bonchev–Trinajstić information content (AvgIpc) is 2.89. The van der Waals surface area contributed by atoms with Crippen molar-refractivity contribution in [3.63, 3.8) is 0 Å². The van der Waals surface area contributed by atoms with Crippen molar-refractivity contribution >= 4 is 6.09 Å². The number of nitrogens with two attached hydrogens (primary N) is 1. The van der Waals surface area contributed by atoms with Gasteiger partial charge in [0.15, 0.2) is 0 Å². The third-order valence-corrected chi connectivity index (χ3v) is 4.78. The number of nitrogens with one attached hydrogen (secondary N) is 2. The van der Waals surface area contributed by atoms with Crippen LogP contribution in [0.1, 0.15) is 66.7 Å². The Morgan fingerprint density at radius 1 is 1.23 bits per heavy atom. The van der Waals surface area contributed by atoms with E-state index in [-0.39, 0.29) is 11.6 Å². The van der Waals surface area contributed by atoms with Crippen molar-refractivity contribution < 1.29 is 9.53 Å². The first kappa shape index (κ1) is 19.2. The topological polar surface area (TPSA) is 76.4 Å². The lowest BCUT2D eigenvalue weighted by Gasteiger charge is -2.36. The molecule has 0 aromatic rings. The van der Waals surface area contributed by atoms with Crippen LogP contribution in [0.3, 0.4) is 0 Å². The number of alkyl carbamates (subject to hydrolysis) is 1. The van der Waals surface area contributed by atoms with Gasteiger partial charge in [0.1, 0.15) is 5.60 Å². The van der Waals surface area contributed by atoms with Crippen LogP contribution < -0.4 is 16.4 Å². The SMILES string of the molecule is CCC(CC)(CNC1CCCC1CN)NC(=O)OC(C)(C)C. The van der Waals surface area contributed by atoms with E-state index in [0.29, 0.717) is 12.0 Å². The molecule has 5 heteroatoms. The molecular formula is C17H35N3O2. The summed E-state index contributed by atoms with van der Waals surface area (Å²) in [5.74, 6) is 0.563. The minimum atomic E-state index is -0.471. The smallest absolute Gasteiger partial charge is 0.408 e. The van der Waals surface area contributed by atoms with Crippen molar-refractivity contribution in [3.8, 4) is 0 Å². The molecule has 1 aliphatic carbocycles. The summed E-state index contributed by atoms with van der Waals surface area (Å²) >= 11 is 0. The first-order valence-corrected chi connectivity index (χ1v) is 8.70. The molecule has 1 amide bonds. The number of hydrogen-bond acceptors (Lipinski definition) is 4. The lowest BCUT2D eigenvalue weighted by Crippen LogP contribution is -2.57. The van der Waals surface area contributed by atoms with Gasteiger partial charge in [-0.15, -0.1) is 0 Å². The number of rotatable bonds is 7. The predicted molar refractivity (Wildman–Crippen MR) is 90.9 cm³/mol. The van der Waals surface area contributed by atoms with Crippen molar-refractivity contribution in [2.75, 3.05) is 13.1 Å². The van der Waals surface area contributed by atoms with Gasteiger partial charge in [-0.05, 0) is 58.9 Å². The van der Waals surface area contributed by atoms with Gasteiger partial charge in [0.2, 0.25) is 0 Å². The van der Waals surface area contributed by atoms with Gasteiger partial charge in [-0.3, -0.25) is 0 Å². The molecule has 0 aromatic heterocycles. The van der Waals surface area contributed by atoms with Crippen molar-refractivity contribution in [1.29, 1.82) is 0 Å². The largest absolute Gasteiger partial charge is 0.444 e. The molecule has 0 radical (unpaired) electrons. The van der Waals surface area contributed by atoms with E-state index in [1.165, 1.54) is 19.3 Å². The van der Waals surface area contributed by atoms with E-state index in [4.69, 9.17) is 10.5 Å². The summed E-state index contributed by atoms with van der Waals surface area (Å²) in [5, 5.41) is 6.73. The molecule has 1 rings (SSSR count). The summed E-state index contributed by atoms with van der Waals surface area (Å²) in [7, 11) is 0. The summed E-state index contributed by atoms with van der Waals surface area (Å²) in [5.41, 5.74) is 5.12. The van der Waals surface area contributed by atoms with Crippen LogP contribution in [0.15, 0.2) is 0 Å². The molecule has 0 bridgehead atoms. The van der Waals surface area contributed by atoms with Gasteiger partial charge in [0, 0.05) is 12.6 Å². The number of amides is 1. The highest BCUT2D eigenvalue weighted by Crippen LogP contribution is 2.25. The highest BCUT2D eigenvalue weighted by molar-refractivity contribution is 5.68. The predicted octanol–water partition coefficient (Wildman–Crippen LogP) is 2.79. The third kappa shape index (κ3) is 5.76. The minimum Gasteiger partial charge on any atom is -0.444 e. The Hall–Kier alpha value is -0.810. The highest BCUT2D eigenvalue weighted by Gasteiger charge is 2.33. The first-order valence-electron chi connectivity index (χ1n) is 8.70. The number of hydrogen-bond donors (Lipinski definition) is 3. The van der Waals surface area contributed by atoms with E-state index in [0.717, 1.165) is 25.9 Å². The number of carbonyl (C=O) groups is 1. The van der Waals surface area contributed by atoms with Crippen LogP contribution in [-0.4, -0.2) is 36.4 Å². The van der Waals surface area contributed by atoms with E-state index in [1.807, 2.05) is 20.8 Å². The molecule has 22 heavy (non-hydrogen) atoms. The average molecular weight is 313 g/mol. The monoisotopic (exact) mass is 313 g/mol. The van der Waals surface area contributed by atoms with Crippen LogP contribution in [-0.2, 0) is 4.74 Å². The maximum atomic E-state index is 12.1. The lowest BCUT2D eigenvalue weighted by atomic mass is 9.91. The van der Waals surface area contributed by atoms with E-state index in [1.54, 1.807) is 0 Å². The molecule has 0 spiro atoms.